The van der Waals surface area contributed by atoms with Gasteiger partial charge in [0.25, 0.3) is 11.6 Å². The predicted molar refractivity (Wildman–Crippen MR) is 122 cm³/mol. The van der Waals surface area contributed by atoms with Crippen molar-refractivity contribution >= 4 is 34.7 Å². The van der Waals surface area contributed by atoms with Crippen LogP contribution < -0.4 is 0 Å². The van der Waals surface area contributed by atoms with Crippen LogP contribution in [0.25, 0.3) is 0 Å². The van der Waals surface area contributed by atoms with Crippen LogP contribution in [0, 0.1) is 17.0 Å². The van der Waals surface area contributed by atoms with Crippen LogP contribution in [0.15, 0.2) is 57.3 Å². The van der Waals surface area contributed by atoms with Gasteiger partial charge in [-0.25, -0.2) is 4.98 Å². The first-order valence-corrected chi connectivity index (χ1v) is 11.9. The van der Waals surface area contributed by atoms with Gasteiger partial charge in [0.05, 0.1) is 15.9 Å². The minimum Gasteiger partial charge on any atom is -0.376 e. The molecule has 1 amide bonds. The number of carbonyl (C=O) groups excluding carboxylic acids is 1. The molecular weight excluding hydrogens is 448 g/mol. The Balaban J connectivity index is 1.60. The number of ether oxygens (including phenoxy) is 1. The largest absolute Gasteiger partial charge is 0.376 e. The Kier molecular flexibility index (Phi) is 7.13. The number of nitro benzene ring substituents is 1. The van der Waals surface area contributed by atoms with Crippen molar-refractivity contribution in [1.82, 2.24) is 14.9 Å². The second kappa shape index (κ2) is 10.2. The molecule has 0 N–H and O–H groups in total. The third-order valence-corrected chi connectivity index (χ3v) is 7.15. The fourth-order valence-corrected chi connectivity index (χ4v) is 5.38. The molecule has 0 radical (unpaired) electrons. The summed E-state index contributed by atoms with van der Waals surface area (Å²) in [6.45, 7) is 3.35. The number of nitro groups is 1. The van der Waals surface area contributed by atoms with E-state index in [9.17, 15) is 14.9 Å². The van der Waals surface area contributed by atoms with E-state index < -0.39 is 4.92 Å². The van der Waals surface area contributed by atoms with Gasteiger partial charge in [0.15, 0.2) is 4.34 Å². The standard InChI is InChI=1S/C22H22N4O4S2/c1-15-14-31-22(24-15)32-20-7-6-17(10-19(20)26(28)29)21(27)25(13-18-5-3-9-30-18)12-16-4-2-8-23-11-16/h2,4,6-8,10-11,14,18H,3,5,9,12-13H2,1H3. The summed E-state index contributed by atoms with van der Waals surface area (Å²) in [6.07, 6.45) is 5.22. The van der Waals surface area contributed by atoms with Gasteiger partial charge in [0, 0.05) is 54.8 Å². The average Bonchev–Trinajstić information content (AvgIpc) is 3.45. The van der Waals surface area contributed by atoms with E-state index in [1.165, 1.54) is 29.2 Å². The molecule has 1 unspecified atom stereocenters. The summed E-state index contributed by atoms with van der Waals surface area (Å²) in [4.78, 5) is 35.3. The Labute approximate surface area is 193 Å². The summed E-state index contributed by atoms with van der Waals surface area (Å²) in [5, 5.41) is 13.6. The van der Waals surface area contributed by atoms with E-state index in [1.54, 1.807) is 29.4 Å². The van der Waals surface area contributed by atoms with E-state index >= 15 is 0 Å². The van der Waals surface area contributed by atoms with Crippen molar-refractivity contribution in [1.29, 1.82) is 0 Å². The number of aryl methyl sites for hydroxylation is 1. The van der Waals surface area contributed by atoms with Crippen molar-refractivity contribution in [3.63, 3.8) is 0 Å². The van der Waals surface area contributed by atoms with Crippen LogP contribution >= 0.6 is 23.1 Å². The van der Waals surface area contributed by atoms with Crippen LogP contribution in [0.5, 0.6) is 0 Å². The molecule has 2 aromatic heterocycles. The molecule has 10 heteroatoms. The van der Waals surface area contributed by atoms with Crippen molar-refractivity contribution < 1.29 is 14.5 Å². The SMILES string of the molecule is Cc1csc(Sc2ccc(C(=O)N(Cc3cccnc3)CC3CCCO3)cc2[N+](=O)[O-])n1. The molecule has 3 heterocycles. The quantitative estimate of drug-likeness (QED) is 0.347. The van der Waals surface area contributed by atoms with Crippen molar-refractivity contribution in [2.24, 2.45) is 0 Å². The second-order valence-corrected chi connectivity index (χ2v) is 9.63. The average molecular weight is 471 g/mol. The molecule has 3 aromatic rings. The van der Waals surface area contributed by atoms with Gasteiger partial charge < -0.3 is 9.64 Å². The molecule has 4 rings (SSSR count). The smallest absolute Gasteiger partial charge is 0.284 e. The summed E-state index contributed by atoms with van der Waals surface area (Å²) in [6, 6.07) is 8.35. The highest BCUT2D eigenvalue weighted by Gasteiger charge is 2.26. The molecule has 0 aliphatic carbocycles. The highest BCUT2D eigenvalue weighted by atomic mass is 32.2. The Hall–Kier alpha value is -2.82. The highest BCUT2D eigenvalue weighted by molar-refractivity contribution is 8.01. The van der Waals surface area contributed by atoms with Gasteiger partial charge in [0.2, 0.25) is 0 Å². The van der Waals surface area contributed by atoms with Gasteiger partial charge in [-0.1, -0.05) is 17.8 Å². The maximum Gasteiger partial charge on any atom is 0.284 e. The van der Waals surface area contributed by atoms with Crippen LogP contribution in [-0.2, 0) is 11.3 Å². The molecule has 1 fully saturated rings. The number of amides is 1. The van der Waals surface area contributed by atoms with E-state index in [0.717, 1.165) is 28.4 Å². The monoisotopic (exact) mass is 470 g/mol. The summed E-state index contributed by atoms with van der Waals surface area (Å²) in [7, 11) is 0. The minimum absolute atomic E-state index is 0.0337. The van der Waals surface area contributed by atoms with Gasteiger partial charge >= 0.3 is 0 Å². The maximum atomic E-state index is 13.4. The van der Waals surface area contributed by atoms with Crippen molar-refractivity contribution in [3.8, 4) is 0 Å². The van der Waals surface area contributed by atoms with Gasteiger partial charge in [-0.15, -0.1) is 11.3 Å². The lowest BCUT2D eigenvalue weighted by Crippen LogP contribution is -2.37. The lowest BCUT2D eigenvalue weighted by atomic mass is 10.1. The zero-order valence-electron chi connectivity index (χ0n) is 17.5. The molecule has 0 bridgehead atoms. The summed E-state index contributed by atoms with van der Waals surface area (Å²) < 4.78 is 6.45. The number of benzene rings is 1. The van der Waals surface area contributed by atoms with E-state index in [4.69, 9.17) is 4.74 Å². The van der Waals surface area contributed by atoms with Gasteiger partial charge in [0.1, 0.15) is 0 Å². The third-order valence-electron chi connectivity index (χ3n) is 5.03. The highest BCUT2D eigenvalue weighted by Crippen LogP contribution is 2.37. The molecule has 1 saturated heterocycles. The Bertz CT molecular complexity index is 1100. The number of nitrogens with zero attached hydrogens (tertiary/aromatic N) is 4. The second-order valence-electron chi connectivity index (χ2n) is 7.48. The molecule has 8 nitrogen and oxygen atoms in total. The topological polar surface area (TPSA) is 98.5 Å². The van der Waals surface area contributed by atoms with Gasteiger partial charge in [-0.2, -0.15) is 0 Å². The van der Waals surface area contributed by atoms with Crippen LogP contribution in [0.1, 0.15) is 34.5 Å². The Morgan fingerprint density at radius 3 is 2.94 bits per heavy atom. The maximum absolute atomic E-state index is 13.4. The molecule has 1 aliphatic heterocycles. The molecule has 1 aliphatic rings. The number of hydrogen-bond donors (Lipinski definition) is 0. The number of carbonyl (C=O) groups is 1. The molecule has 166 valence electrons. The van der Waals surface area contributed by atoms with E-state index in [0.29, 0.717) is 24.6 Å². The first kappa shape index (κ1) is 22.4. The van der Waals surface area contributed by atoms with Crippen molar-refractivity contribution in [3.05, 3.63) is 75.0 Å². The van der Waals surface area contributed by atoms with Crippen molar-refractivity contribution in [2.45, 2.75) is 41.6 Å². The lowest BCUT2D eigenvalue weighted by molar-refractivity contribution is -0.387. The van der Waals surface area contributed by atoms with Crippen LogP contribution in [-0.4, -0.2) is 45.0 Å². The van der Waals surface area contributed by atoms with Crippen LogP contribution in [0.4, 0.5) is 5.69 Å². The van der Waals surface area contributed by atoms with E-state index in [1.807, 2.05) is 24.4 Å². The molecule has 0 saturated carbocycles. The normalized spacial score (nSPS) is 15.6. The fourth-order valence-electron chi connectivity index (χ4n) is 3.50. The lowest BCUT2D eigenvalue weighted by Gasteiger charge is -2.25. The Morgan fingerprint density at radius 1 is 1.41 bits per heavy atom. The summed E-state index contributed by atoms with van der Waals surface area (Å²) >= 11 is 2.67. The zero-order valence-corrected chi connectivity index (χ0v) is 19.1. The first-order valence-electron chi connectivity index (χ1n) is 10.2. The summed E-state index contributed by atoms with van der Waals surface area (Å²) in [5.74, 6) is -0.269. The molecular formula is C22H22N4O4S2. The third kappa shape index (κ3) is 5.50. The molecule has 1 atom stereocenters. The Morgan fingerprint density at radius 2 is 2.28 bits per heavy atom. The summed E-state index contributed by atoms with van der Waals surface area (Å²) in [5.41, 5.74) is 1.93. The molecule has 32 heavy (non-hydrogen) atoms. The van der Waals surface area contributed by atoms with E-state index in [-0.39, 0.29) is 23.3 Å². The number of aromatic nitrogens is 2. The number of rotatable bonds is 8. The minimum atomic E-state index is -0.453. The molecule has 0 spiro atoms. The fraction of sp³-hybridized carbons (Fsp3) is 0.318. The van der Waals surface area contributed by atoms with Gasteiger partial charge in [-0.05, 0) is 43.5 Å². The number of thiazole rings is 1. The van der Waals surface area contributed by atoms with Crippen LogP contribution in [0.3, 0.4) is 0 Å². The zero-order chi connectivity index (χ0) is 22.5. The van der Waals surface area contributed by atoms with E-state index in [2.05, 4.69) is 9.97 Å². The van der Waals surface area contributed by atoms with Gasteiger partial charge in [-0.3, -0.25) is 19.9 Å². The van der Waals surface area contributed by atoms with Crippen LogP contribution in [0.2, 0.25) is 0 Å². The van der Waals surface area contributed by atoms with Crippen molar-refractivity contribution in [2.75, 3.05) is 13.2 Å². The number of pyridine rings is 1. The predicted octanol–water partition coefficient (Wildman–Crippen LogP) is 4.73. The first-order chi connectivity index (χ1) is 15.5. The molecule has 1 aromatic carbocycles. The number of hydrogen-bond acceptors (Lipinski definition) is 8.